The second-order valence-corrected chi connectivity index (χ2v) is 6.68. The first-order valence-corrected chi connectivity index (χ1v) is 8.45. The van der Waals surface area contributed by atoms with Gasteiger partial charge in [-0.2, -0.15) is 0 Å². The zero-order valence-electron chi connectivity index (χ0n) is 12.4. The van der Waals surface area contributed by atoms with Crippen LogP contribution in [0, 0.1) is 0 Å². The second kappa shape index (κ2) is 5.92. The smallest absolute Gasteiger partial charge is 0.348 e. The van der Waals surface area contributed by atoms with Crippen molar-refractivity contribution in [1.29, 1.82) is 0 Å². The van der Waals surface area contributed by atoms with Gasteiger partial charge in [0.05, 0.1) is 19.3 Å². The molecule has 0 unspecified atom stereocenters. The van der Waals surface area contributed by atoms with Gasteiger partial charge in [0.25, 0.3) is 9.84 Å². The fraction of sp³-hybridized carbons (Fsp3) is 0.188. The van der Waals surface area contributed by atoms with Crippen molar-refractivity contribution in [1.82, 2.24) is 0 Å². The van der Waals surface area contributed by atoms with Gasteiger partial charge in [0.15, 0.2) is 11.5 Å². The number of para-hydroxylation sites is 3. The van der Waals surface area contributed by atoms with E-state index in [1.807, 2.05) is 6.07 Å². The molecule has 0 fully saturated rings. The number of ether oxygens (including phenoxy) is 2. The van der Waals surface area contributed by atoms with E-state index in [-0.39, 0.29) is 18.0 Å². The molecule has 0 spiro atoms. The number of anilines is 1. The largest absolute Gasteiger partial charge is 0.493 e. The molecule has 120 valence electrons. The summed E-state index contributed by atoms with van der Waals surface area (Å²) in [5.74, 6) is 1.12. The Hall–Kier alpha value is -2.54. The number of fused-ring (bicyclic) bond motifs is 1. The van der Waals surface area contributed by atoms with E-state index < -0.39 is 15.1 Å². The van der Waals surface area contributed by atoms with E-state index in [1.165, 1.54) is 18.1 Å². The van der Waals surface area contributed by atoms with Crippen molar-refractivity contribution in [3.8, 4) is 11.5 Å². The third kappa shape index (κ3) is 2.63. The summed E-state index contributed by atoms with van der Waals surface area (Å²) in [7, 11) is -2.40. The molecule has 0 aliphatic carbocycles. The number of hydrogen-bond donors (Lipinski definition) is 0. The molecule has 0 atom stereocenters. The van der Waals surface area contributed by atoms with Crippen LogP contribution in [-0.2, 0) is 9.84 Å². The number of benzene rings is 2. The SMILES string of the molecule is COc1ccccc1OCCN1C(=O)S(=O)(=O)c2ccccc21. The minimum atomic E-state index is -3.93. The molecule has 1 aliphatic heterocycles. The van der Waals surface area contributed by atoms with Crippen LogP contribution in [0.15, 0.2) is 53.4 Å². The van der Waals surface area contributed by atoms with Gasteiger partial charge < -0.3 is 9.47 Å². The molecular formula is C16H15NO5S. The lowest BCUT2D eigenvalue weighted by Crippen LogP contribution is -2.32. The normalized spacial score (nSPS) is 15.3. The van der Waals surface area contributed by atoms with E-state index in [4.69, 9.17) is 9.47 Å². The molecule has 6 nitrogen and oxygen atoms in total. The highest BCUT2D eigenvalue weighted by atomic mass is 32.2. The van der Waals surface area contributed by atoms with Gasteiger partial charge in [-0.05, 0) is 24.3 Å². The lowest BCUT2D eigenvalue weighted by atomic mass is 10.3. The molecule has 1 aliphatic rings. The van der Waals surface area contributed by atoms with Gasteiger partial charge in [-0.15, -0.1) is 0 Å². The summed E-state index contributed by atoms with van der Waals surface area (Å²) in [5.41, 5.74) is 0.390. The van der Waals surface area contributed by atoms with E-state index in [0.29, 0.717) is 17.2 Å². The summed E-state index contributed by atoms with van der Waals surface area (Å²) in [6.07, 6.45) is 0. The van der Waals surface area contributed by atoms with Crippen molar-refractivity contribution in [3.63, 3.8) is 0 Å². The molecule has 0 bridgehead atoms. The fourth-order valence-corrected chi connectivity index (χ4v) is 3.82. The van der Waals surface area contributed by atoms with Gasteiger partial charge in [-0.1, -0.05) is 24.3 Å². The fourth-order valence-electron chi connectivity index (χ4n) is 2.44. The average molecular weight is 333 g/mol. The second-order valence-electron chi connectivity index (χ2n) is 4.89. The van der Waals surface area contributed by atoms with Gasteiger partial charge in [-0.25, -0.2) is 8.42 Å². The summed E-state index contributed by atoms with van der Waals surface area (Å²) < 4.78 is 34.9. The first-order chi connectivity index (χ1) is 11.1. The molecule has 0 saturated carbocycles. The van der Waals surface area contributed by atoms with Crippen LogP contribution in [0.3, 0.4) is 0 Å². The molecule has 3 rings (SSSR count). The molecule has 0 aromatic heterocycles. The van der Waals surface area contributed by atoms with Crippen LogP contribution in [0.25, 0.3) is 0 Å². The number of carbonyl (C=O) groups is 1. The predicted octanol–water partition coefficient (Wildman–Crippen LogP) is 2.49. The monoisotopic (exact) mass is 333 g/mol. The van der Waals surface area contributed by atoms with Crippen LogP contribution in [0.5, 0.6) is 11.5 Å². The van der Waals surface area contributed by atoms with Crippen molar-refractivity contribution < 1.29 is 22.7 Å². The summed E-state index contributed by atoms with van der Waals surface area (Å²) in [5, 5.41) is -0.915. The maximum Gasteiger partial charge on any atom is 0.348 e. The van der Waals surface area contributed by atoms with E-state index >= 15 is 0 Å². The maximum absolute atomic E-state index is 12.1. The van der Waals surface area contributed by atoms with Gasteiger partial charge in [0.2, 0.25) is 0 Å². The van der Waals surface area contributed by atoms with Crippen LogP contribution >= 0.6 is 0 Å². The number of carbonyl (C=O) groups excluding carboxylic acids is 1. The highest BCUT2D eigenvalue weighted by molar-refractivity contribution is 8.07. The Labute approximate surface area is 134 Å². The molecule has 23 heavy (non-hydrogen) atoms. The lowest BCUT2D eigenvalue weighted by Gasteiger charge is -2.17. The summed E-state index contributed by atoms with van der Waals surface area (Å²) in [6.45, 7) is 0.281. The minimum absolute atomic E-state index is 0.0438. The van der Waals surface area contributed by atoms with Gasteiger partial charge in [-0.3, -0.25) is 9.69 Å². The van der Waals surface area contributed by atoms with Gasteiger partial charge in [0, 0.05) is 0 Å². The lowest BCUT2D eigenvalue weighted by molar-refractivity contribution is 0.259. The summed E-state index contributed by atoms with van der Waals surface area (Å²) in [6, 6.07) is 13.5. The summed E-state index contributed by atoms with van der Waals surface area (Å²) >= 11 is 0. The molecule has 0 saturated heterocycles. The van der Waals surface area contributed by atoms with Gasteiger partial charge in [0.1, 0.15) is 11.5 Å². The van der Waals surface area contributed by atoms with Crippen LogP contribution < -0.4 is 14.4 Å². The van der Waals surface area contributed by atoms with Crippen molar-refractivity contribution in [2.75, 3.05) is 25.2 Å². The van der Waals surface area contributed by atoms with Crippen LogP contribution in [0.1, 0.15) is 0 Å². The molecule has 7 heteroatoms. The average Bonchev–Trinajstić information content (AvgIpc) is 2.76. The predicted molar refractivity (Wildman–Crippen MR) is 84.9 cm³/mol. The molecule has 2 aromatic rings. The highest BCUT2D eigenvalue weighted by Gasteiger charge is 2.41. The Morgan fingerprint density at radius 3 is 2.39 bits per heavy atom. The molecule has 0 radical (unpaired) electrons. The highest BCUT2D eigenvalue weighted by Crippen LogP contribution is 2.35. The Morgan fingerprint density at radius 1 is 1.00 bits per heavy atom. The standard InChI is InChI=1S/C16H15NO5S/c1-21-13-7-3-4-8-14(13)22-11-10-17-12-6-2-5-9-15(12)23(19,20)16(17)18/h2-9H,10-11H2,1H3. The number of amides is 1. The quantitative estimate of drug-likeness (QED) is 0.840. The van der Waals surface area contributed by atoms with Crippen LogP contribution in [-0.4, -0.2) is 33.9 Å². The zero-order chi connectivity index (χ0) is 16.4. The molecule has 0 N–H and O–H groups in total. The number of hydrogen-bond acceptors (Lipinski definition) is 5. The third-order valence-electron chi connectivity index (χ3n) is 3.54. The van der Waals surface area contributed by atoms with E-state index in [0.717, 1.165) is 0 Å². The Balaban J connectivity index is 1.76. The van der Waals surface area contributed by atoms with Gasteiger partial charge >= 0.3 is 5.24 Å². The van der Waals surface area contributed by atoms with Crippen molar-refractivity contribution in [3.05, 3.63) is 48.5 Å². The molecule has 1 amide bonds. The maximum atomic E-state index is 12.1. The van der Waals surface area contributed by atoms with Crippen LogP contribution in [0.4, 0.5) is 10.5 Å². The number of sulfone groups is 1. The molecular weight excluding hydrogens is 318 g/mol. The Kier molecular flexibility index (Phi) is 3.96. The third-order valence-corrected chi connectivity index (χ3v) is 5.14. The Bertz CT molecular complexity index is 847. The summed E-state index contributed by atoms with van der Waals surface area (Å²) in [4.78, 5) is 13.4. The van der Waals surface area contributed by atoms with Crippen molar-refractivity contribution >= 4 is 20.8 Å². The van der Waals surface area contributed by atoms with E-state index in [1.54, 1.807) is 36.4 Å². The van der Waals surface area contributed by atoms with Crippen molar-refractivity contribution in [2.24, 2.45) is 0 Å². The molecule has 2 aromatic carbocycles. The topological polar surface area (TPSA) is 72.9 Å². The number of nitrogens with zero attached hydrogens (tertiary/aromatic N) is 1. The van der Waals surface area contributed by atoms with E-state index in [9.17, 15) is 13.2 Å². The molecule has 1 heterocycles. The van der Waals surface area contributed by atoms with E-state index in [2.05, 4.69) is 0 Å². The number of rotatable bonds is 5. The Morgan fingerprint density at radius 2 is 1.65 bits per heavy atom. The minimum Gasteiger partial charge on any atom is -0.493 e. The number of methoxy groups -OCH3 is 1. The zero-order valence-corrected chi connectivity index (χ0v) is 13.2. The van der Waals surface area contributed by atoms with Crippen molar-refractivity contribution in [2.45, 2.75) is 4.90 Å². The van der Waals surface area contributed by atoms with Crippen LogP contribution in [0.2, 0.25) is 0 Å². The first kappa shape index (κ1) is 15.4. The first-order valence-electron chi connectivity index (χ1n) is 6.97.